The minimum Gasteiger partial charge on any atom is -0.461 e. The lowest BCUT2D eigenvalue weighted by molar-refractivity contribution is -0.142. The van der Waals surface area contributed by atoms with E-state index in [-0.39, 0.29) is 12.6 Å². The van der Waals surface area contributed by atoms with Crippen molar-refractivity contribution in [2.24, 2.45) is 0 Å². The highest BCUT2D eigenvalue weighted by Crippen LogP contribution is 2.23. The molecule has 0 unspecified atom stereocenters. The summed E-state index contributed by atoms with van der Waals surface area (Å²) in [5.74, 6) is 1.92. The van der Waals surface area contributed by atoms with Gasteiger partial charge in [0.15, 0.2) is 5.82 Å². The third-order valence-corrected chi connectivity index (χ3v) is 4.70. The summed E-state index contributed by atoms with van der Waals surface area (Å²) < 4.78 is 10.7. The maximum Gasteiger partial charge on any atom is 0.303 e. The predicted octanol–water partition coefficient (Wildman–Crippen LogP) is 2.94. The molecule has 0 fully saturated rings. The van der Waals surface area contributed by atoms with Crippen LogP contribution >= 0.6 is 0 Å². The van der Waals surface area contributed by atoms with Crippen molar-refractivity contribution >= 4 is 11.7 Å². The van der Waals surface area contributed by atoms with E-state index in [1.807, 2.05) is 42.6 Å². The number of hydrogen-bond donors (Lipinski definition) is 1. The number of nitrogens with two attached hydrogens (primary N) is 1. The fourth-order valence-corrected chi connectivity index (χ4v) is 3.26. The van der Waals surface area contributed by atoms with Crippen molar-refractivity contribution in [1.82, 2.24) is 14.9 Å². The SMILES string of the molecule is CC(=O)OCc1ccc(CN2CCc3nc(-c4ccc(N)cc4)ncc3C2)o1. The zero-order valence-electron chi connectivity index (χ0n) is 15.7. The summed E-state index contributed by atoms with van der Waals surface area (Å²) in [6.07, 6.45) is 2.77. The van der Waals surface area contributed by atoms with Gasteiger partial charge < -0.3 is 14.9 Å². The van der Waals surface area contributed by atoms with Crippen LogP contribution in [-0.4, -0.2) is 27.4 Å². The van der Waals surface area contributed by atoms with Crippen molar-refractivity contribution in [1.29, 1.82) is 0 Å². The number of furan rings is 1. The highest BCUT2D eigenvalue weighted by Gasteiger charge is 2.20. The number of fused-ring (bicyclic) bond motifs is 1. The zero-order chi connectivity index (χ0) is 19.5. The van der Waals surface area contributed by atoms with E-state index in [4.69, 9.17) is 19.9 Å². The Balaban J connectivity index is 1.41. The topological polar surface area (TPSA) is 94.5 Å². The van der Waals surface area contributed by atoms with Crippen molar-refractivity contribution in [3.63, 3.8) is 0 Å². The van der Waals surface area contributed by atoms with Gasteiger partial charge >= 0.3 is 5.97 Å². The first-order chi connectivity index (χ1) is 13.6. The largest absolute Gasteiger partial charge is 0.461 e. The number of carbonyl (C=O) groups excluding carboxylic acids is 1. The Labute approximate surface area is 163 Å². The minimum atomic E-state index is -0.316. The monoisotopic (exact) mass is 378 g/mol. The van der Waals surface area contributed by atoms with Gasteiger partial charge in [0.05, 0.1) is 12.2 Å². The molecule has 3 aromatic rings. The maximum absolute atomic E-state index is 10.9. The standard InChI is InChI=1S/C21H22N4O3/c1-14(26)27-13-19-7-6-18(28-19)12-25-9-8-20-16(11-25)10-23-21(24-20)15-2-4-17(22)5-3-15/h2-7,10H,8-9,11-13,22H2,1H3. The van der Waals surface area contributed by atoms with Crippen molar-refractivity contribution in [2.45, 2.75) is 33.0 Å². The number of esters is 1. The van der Waals surface area contributed by atoms with E-state index in [0.717, 1.165) is 53.6 Å². The highest BCUT2D eigenvalue weighted by molar-refractivity contribution is 5.65. The average molecular weight is 378 g/mol. The van der Waals surface area contributed by atoms with E-state index in [2.05, 4.69) is 9.88 Å². The normalized spacial score (nSPS) is 13.9. The van der Waals surface area contributed by atoms with Gasteiger partial charge in [-0.1, -0.05) is 0 Å². The zero-order valence-corrected chi connectivity index (χ0v) is 15.7. The van der Waals surface area contributed by atoms with Crippen LogP contribution in [0.2, 0.25) is 0 Å². The van der Waals surface area contributed by atoms with Gasteiger partial charge in [0.2, 0.25) is 0 Å². The molecular formula is C21H22N4O3. The van der Waals surface area contributed by atoms with E-state index in [1.165, 1.54) is 6.92 Å². The Morgan fingerprint density at radius 2 is 2.00 bits per heavy atom. The lowest BCUT2D eigenvalue weighted by Gasteiger charge is -2.27. The molecule has 0 radical (unpaired) electrons. The molecule has 28 heavy (non-hydrogen) atoms. The summed E-state index contributed by atoms with van der Waals surface area (Å²) in [6.45, 7) is 3.91. The number of rotatable bonds is 5. The van der Waals surface area contributed by atoms with E-state index in [0.29, 0.717) is 12.3 Å². The minimum absolute atomic E-state index is 0.167. The smallest absolute Gasteiger partial charge is 0.303 e. The molecule has 7 nitrogen and oxygen atoms in total. The predicted molar refractivity (Wildman–Crippen MR) is 104 cm³/mol. The summed E-state index contributed by atoms with van der Waals surface area (Å²) in [6, 6.07) is 11.4. The number of anilines is 1. The van der Waals surface area contributed by atoms with Crippen LogP contribution in [0.25, 0.3) is 11.4 Å². The second-order valence-corrected chi connectivity index (χ2v) is 6.90. The third-order valence-electron chi connectivity index (χ3n) is 4.70. The first kappa shape index (κ1) is 18.2. The first-order valence-corrected chi connectivity index (χ1v) is 9.21. The van der Waals surface area contributed by atoms with Gasteiger partial charge in [-0.25, -0.2) is 9.97 Å². The second kappa shape index (κ2) is 7.82. The molecule has 0 spiro atoms. The maximum atomic E-state index is 10.9. The van der Waals surface area contributed by atoms with Crippen molar-refractivity contribution < 1.29 is 13.9 Å². The highest BCUT2D eigenvalue weighted by atomic mass is 16.5. The Morgan fingerprint density at radius 3 is 2.79 bits per heavy atom. The Morgan fingerprint density at radius 1 is 1.21 bits per heavy atom. The number of hydrogen-bond acceptors (Lipinski definition) is 7. The molecule has 0 amide bonds. The molecule has 0 saturated heterocycles. The first-order valence-electron chi connectivity index (χ1n) is 9.21. The molecule has 3 heterocycles. The van der Waals surface area contributed by atoms with Crippen LogP contribution in [-0.2, 0) is 35.6 Å². The van der Waals surface area contributed by atoms with Gasteiger partial charge in [0, 0.05) is 49.4 Å². The van der Waals surface area contributed by atoms with Crippen LogP contribution in [0.5, 0.6) is 0 Å². The summed E-state index contributed by atoms with van der Waals surface area (Å²) in [7, 11) is 0. The molecule has 0 bridgehead atoms. The van der Waals surface area contributed by atoms with Crippen LogP contribution < -0.4 is 5.73 Å². The number of aromatic nitrogens is 2. The summed E-state index contributed by atoms with van der Waals surface area (Å²) >= 11 is 0. The average Bonchev–Trinajstić information content (AvgIpc) is 3.14. The number of nitrogens with zero attached hydrogens (tertiary/aromatic N) is 3. The Hall–Kier alpha value is -3.19. The number of ether oxygens (including phenoxy) is 1. The number of nitrogen functional groups attached to an aromatic ring is 1. The van der Waals surface area contributed by atoms with E-state index < -0.39 is 0 Å². The molecule has 0 atom stereocenters. The number of carbonyl (C=O) groups is 1. The lowest BCUT2D eigenvalue weighted by atomic mass is 10.1. The van der Waals surface area contributed by atoms with Crippen molar-refractivity contribution in [3.8, 4) is 11.4 Å². The van der Waals surface area contributed by atoms with Gasteiger partial charge in [-0.15, -0.1) is 0 Å². The van der Waals surface area contributed by atoms with Crippen LogP contribution in [0.1, 0.15) is 29.7 Å². The summed E-state index contributed by atoms with van der Waals surface area (Å²) in [4.78, 5) is 22.5. The van der Waals surface area contributed by atoms with Crippen LogP contribution in [0.15, 0.2) is 47.0 Å². The third kappa shape index (κ3) is 4.20. The lowest BCUT2D eigenvalue weighted by Crippen LogP contribution is -2.30. The molecule has 1 aliphatic heterocycles. The summed E-state index contributed by atoms with van der Waals surface area (Å²) in [5, 5.41) is 0. The molecule has 2 N–H and O–H groups in total. The van der Waals surface area contributed by atoms with Gasteiger partial charge in [-0.05, 0) is 36.4 Å². The van der Waals surface area contributed by atoms with Gasteiger partial charge in [0.1, 0.15) is 18.1 Å². The quantitative estimate of drug-likeness (QED) is 0.539. The van der Waals surface area contributed by atoms with Gasteiger partial charge in [-0.3, -0.25) is 9.69 Å². The molecule has 7 heteroatoms. The van der Waals surface area contributed by atoms with Crippen LogP contribution in [0, 0.1) is 0 Å². The molecule has 4 rings (SSSR count). The molecule has 1 aliphatic rings. The fraction of sp³-hybridized carbons (Fsp3) is 0.286. The number of benzene rings is 1. The van der Waals surface area contributed by atoms with E-state index in [9.17, 15) is 4.79 Å². The molecule has 144 valence electrons. The van der Waals surface area contributed by atoms with E-state index in [1.54, 1.807) is 0 Å². The van der Waals surface area contributed by atoms with Gasteiger partial charge in [0.25, 0.3) is 0 Å². The molecule has 2 aromatic heterocycles. The van der Waals surface area contributed by atoms with Gasteiger partial charge in [-0.2, -0.15) is 0 Å². The van der Waals surface area contributed by atoms with Crippen LogP contribution in [0.4, 0.5) is 5.69 Å². The second-order valence-electron chi connectivity index (χ2n) is 6.90. The summed E-state index contributed by atoms with van der Waals surface area (Å²) in [5.41, 5.74) is 9.67. The van der Waals surface area contributed by atoms with E-state index >= 15 is 0 Å². The molecule has 0 saturated carbocycles. The molecular weight excluding hydrogens is 356 g/mol. The van der Waals surface area contributed by atoms with Crippen molar-refractivity contribution in [2.75, 3.05) is 12.3 Å². The molecule has 0 aliphatic carbocycles. The Bertz CT molecular complexity index is 982. The molecule has 1 aromatic carbocycles. The van der Waals surface area contributed by atoms with Crippen molar-refractivity contribution in [3.05, 3.63) is 65.4 Å². The van der Waals surface area contributed by atoms with Crippen LogP contribution in [0.3, 0.4) is 0 Å². The fourth-order valence-electron chi connectivity index (χ4n) is 3.26. The Kier molecular flexibility index (Phi) is 5.08.